The number of carbonyl (C=O) groups is 2. The Hall–Kier alpha value is -2.53. The van der Waals surface area contributed by atoms with E-state index in [-0.39, 0.29) is 30.6 Å². The number of aromatic nitrogens is 1. The molecular weight excluding hydrogens is 338 g/mol. The largest absolute Gasteiger partial charge is 0.333 e. The van der Waals surface area contributed by atoms with Crippen LogP contribution in [0.25, 0.3) is 0 Å². The number of piperazine rings is 1. The van der Waals surface area contributed by atoms with Crippen LogP contribution in [0.2, 0.25) is 0 Å². The lowest BCUT2D eigenvalue weighted by atomic mass is 10.0. The van der Waals surface area contributed by atoms with Gasteiger partial charge in [-0.2, -0.15) is 0 Å². The van der Waals surface area contributed by atoms with E-state index < -0.39 is 0 Å². The Morgan fingerprint density at radius 2 is 2.00 bits per heavy atom. The molecule has 0 saturated carbocycles. The Morgan fingerprint density at radius 1 is 1.19 bits per heavy atom. The average Bonchev–Trinajstić information content (AvgIpc) is 2.73. The Kier molecular flexibility index (Phi) is 6.71. The van der Waals surface area contributed by atoms with Crippen LogP contribution in [0.15, 0.2) is 48.8 Å². The molecule has 27 heavy (non-hydrogen) atoms. The SMILES string of the molecule is CCCc1ccc(C(=O)CCC(=O)N2CCNCC2c2cccnc2)cc1. The molecule has 1 aromatic heterocycles. The number of pyridine rings is 1. The standard InChI is InChI=1S/C22H27N3O2/c1-2-4-17-6-8-18(9-7-17)21(26)10-11-22(27)25-14-13-24-16-20(25)19-5-3-12-23-15-19/h3,5-9,12,15,20,24H,2,4,10-11,13-14,16H2,1H3. The maximum Gasteiger partial charge on any atom is 0.223 e. The Morgan fingerprint density at radius 3 is 2.70 bits per heavy atom. The van der Waals surface area contributed by atoms with Crippen molar-refractivity contribution in [2.24, 2.45) is 0 Å². The molecule has 2 aromatic rings. The fourth-order valence-corrected chi connectivity index (χ4v) is 3.53. The molecular formula is C22H27N3O2. The van der Waals surface area contributed by atoms with Gasteiger partial charge in [-0.25, -0.2) is 0 Å². The summed E-state index contributed by atoms with van der Waals surface area (Å²) in [6.07, 6.45) is 6.13. The Balaban J connectivity index is 1.59. The molecule has 1 aliphatic rings. The number of nitrogens with one attached hydrogen (secondary N) is 1. The van der Waals surface area contributed by atoms with Crippen LogP contribution in [-0.4, -0.2) is 41.2 Å². The molecule has 3 rings (SSSR count). The first-order valence-corrected chi connectivity index (χ1v) is 9.71. The predicted molar refractivity (Wildman–Crippen MR) is 106 cm³/mol. The molecule has 1 amide bonds. The van der Waals surface area contributed by atoms with Gasteiger partial charge in [-0.15, -0.1) is 0 Å². The number of aryl methyl sites for hydroxylation is 1. The molecule has 142 valence electrons. The lowest BCUT2D eigenvalue weighted by Crippen LogP contribution is -2.48. The number of hydrogen-bond acceptors (Lipinski definition) is 4. The number of benzene rings is 1. The third-order valence-electron chi connectivity index (χ3n) is 5.01. The molecule has 1 saturated heterocycles. The highest BCUT2D eigenvalue weighted by Gasteiger charge is 2.28. The van der Waals surface area contributed by atoms with E-state index in [0.29, 0.717) is 18.7 Å². The summed E-state index contributed by atoms with van der Waals surface area (Å²) >= 11 is 0. The van der Waals surface area contributed by atoms with E-state index in [4.69, 9.17) is 0 Å². The number of nitrogens with zero attached hydrogens (tertiary/aromatic N) is 2. The van der Waals surface area contributed by atoms with Crippen LogP contribution < -0.4 is 5.32 Å². The van der Waals surface area contributed by atoms with Gasteiger partial charge in [0.1, 0.15) is 0 Å². The normalized spacial score (nSPS) is 16.9. The van der Waals surface area contributed by atoms with E-state index in [2.05, 4.69) is 17.2 Å². The lowest BCUT2D eigenvalue weighted by molar-refractivity contribution is -0.134. The highest BCUT2D eigenvalue weighted by molar-refractivity contribution is 5.98. The first-order chi connectivity index (χ1) is 13.2. The lowest BCUT2D eigenvalue weighted by Gasteiger charge is -2.36. The zero-order chi connectivity index (χ0) is 19.1. The van der Waals surface area contributed by atoms with Gasteiger partial charge < -0.3 is 10.2 Å². The monoisotopic (exact) mass is 365 g/mol. The van der Waals surface area contributed by atoms with Gasteiger partial charge in [-0.1, -0.05) is 43.7 Å². The third kappa shape index (κ3) is 5.01. The van der Waals surface area contributed by atoms with Gasteiger partial charge in [0, 0.05) is 50.4 Å². The van der Waals surface area contributed by atoms with Gasteiger partial charge >= 0.3 is 0 Å². The van der Waals surface area contributed by atoms with E-state index in [1.807, 2.05) is 41.3 Å². The summed E-state index contributed by atoms with van der Waals surface area (Å²) in [5.41, 5.74) is 2.95. The maximum absolute atomic E-state index is 12.8. The predicted octanol–water partition coefficient (Wildman–Crippen LogP) is 3.17. The van der Waals surface area contributed by atoms with Gasteiger partial charge in [-0.05, 0) is 23.6 Å². The summed E-state index contributed by atoms with van der Waals surface area (Å²) in [7, 11) is 0. The number of rotatable bonds is 7. The third-order valence-corrected chi connectivity index (χ3v) is 5.01. The van der Waals surface area contributed by atoms with Gasteiger partial charge in [-0.3, -0.25) is 14.6 Å². The topological polar surface area (TPSA) is 62.3 Å². The molecule has 0 bridgehead atoms. The van der Waals surface area contributed by atoms with Crippen molar-refractivity contribution >= 4 is 11.7 Å². The van der Waals surface area contributed by atoms with E-state index in [1.165, 1.54) is 5.56 Å². The molecule has 1 unspecified atom stereocenters. The molecule has 2 heterocycles. The maximum atomic E-state index is 12.8. The number of ketones is 1. The molecule has 0 radical (unpaired) electrons. The molecule has 1 N–H and O–H groups in total. The molecule has 0 aliphatic carbocycles. The van der Waals surface area contributed by atoms with Crippen LogP contribution in [0.1, 0.15) is 53.7 Å². The van der Waals surface area contributed by atoms with Crippen molar-refractivity contribution in [2.45, 2.75) is 38.6 Å². The van der Waals surface area contributed by atoms with Gasteiger partial charge in [0.25, 0.3) is 0 Å². The van der Waals surface area contributed by atoms with Crippen molar-refractivity contribution < 1.29 is 9.59 Å². The van der Waals surface area contributed by atoms with Crippen molar-refractivity contribution in [3.8, 4) is 0 Å². The second kappa shape index (κ2) is 9.42. The Labute approximate surface area is 160 Å². The fourth-order valence-electron chi connectivity index (χ4n) is 3.53. The van der Waals surface area contributed by atoms with Crippen molar-refractivity contribution in [3.05, 3.63) is 65.5 Å². The molecule has 1 fully saturated rings. The van der Waals surface area contributed by atoms with Crippen molar-refractivity contribution in [1.29, 1.82) is 0 Å². The van der Waals surface area contributed by atoms with Crippen LogP contribution in [0, 0.1) is 0 Å². The second-order valence-corrected chi connectivity index (χ2v) is 6.96. The van der Waals surface area contributed by atoms with Crippen LogP contribution in [0.5, 0.6) is 0 Å². The molecule has 5 heteroatoms. The summed E-state index contributed by atoms with van der Waals surface area (Å²) in [6.45, 7) is 4.28. The van der Waals surface area contributed by atoms with Crippen molar-refractivity contribution in [2.75, 3.05) is 19.6 Å². The number of carbonyl (C=O) groups excluding carboxylic acids is 2. The zero-order valence-corrected chi connectivity index (χ0v) is 15.9. The van der Waals surface area contributed by atoms with Gasteiger partial charge in [0.15, 0.2) is 5.78 Å². The smallest absolute Gasteiger partial charge is 0.223 e. The van der Waals surface area contributed by atoms with Crippen LogP contribution in [0.3, 0.4) is 0 Å². The number of amides is 1. The van der Waals surface area contributed by atoms with E-state index >= 15 is 0 Å². The van der Waals surface area contributed by atoms with E-state index in [0.717, 1.165) is 24.9 Å². The van der Waals surface area contributed by atoms with Crippen molar-refractivity contribution in [3.63, 3.8) is 0 Å². The van der Waals surface area contributed by atoms with E-state index in [9.17, 15) is 9.59 Å². The number of hydrogen-bond donors (Lipinski definition) is 1. The summed E-state index contributed by atoms with van der Waals surface area (Å²) in [6, 6.07) is 11.6. The first kappa shape index (κ1) is 19.2. The molecule has 1 aromatic carbocycles. The zero-order valence-electron chi connectivity index (χ0n) is 15.9. The highest BCUT2D eigenvalue weighted by Crippen LogP contribution is 2.22. The van der Waals surface area contributed by atoms with E-state index in [1.54, 1.807) is 12.4 Å². The summed E-state index contributed by atoms with van der Waals surface area (Å²) in [4.78, 5) is 31.3. The van der Waals surface area contributed by atoms with Crippen LogP contribution in [0.4, 0.5) is 0 Å². The van der Waals surface area contributed by atoms with Gasteiger partial charge in [0.2, 0.25) is 5.91 Å². The molecule has 0 spiro atoms. The minimum atomic E-state index is -0.0246. The summed E-state index contributed by atoms with van der Waals surface area (Å²) in [5.74, 6) is 0.0563. The average molecular weight is 365 g/mol. The minimum absolute atomic E-state index is 0.0246. The molecule has 1 atom stereocenters. The minimum Gasteiger partial charge on any atom is -0.333 e. The number of Topliss-reactive ketones (excluding diaryl/α,β-unsaturated/α-hetero) is 1. The summed E-state index contributed by atoms with van der Waals surface area (Å²) in [5, 5.41) is 3.34. The van der Waals surface area contributed by atoms with Crippen molar-refractivity contribution in [1.82, 2.24) is 15.2 Å². The summed E-state index contributed by atoms with van der Waals surface area (Å²) < 4.78 is 0. The van der Waals surface area contributed by atoms with Crippen LogP contribution >= 0.6 is 0 Å². The van der Waals surface area contributed by atoms with Gasteiger partial charge in [0.05, 0.1) is 6.04 Å². The molecule has 5 nitrogen and oxygen atoms in total. The molecule has 1 aliphatic heterocycles. The Bertz CT molecular complexity index is 759. The second-order valence-electron chi connectivity index (χ2n) is 6.96. The fraction of sp³-hybridized carbons (Fsp3) is 0.409. The first-order valence-electron chi connectivity index (χ1n) is 9.71. The van der Waals surface area contributed by atoms with Crippen LogP contribution in [-0.2, 0) is 11.2 Å². The highest BCUT2D eigenvalue weighted by atomic mass is 16.2. The quantitative estimate of drug-likeness (QED) is 0.766.